The van der Waals surface area contributed by atoms with Crippen LogP contribution in [0.5, 0.6) is 0 Å². The van der Waals surface area contributed by atoms with Crippen molar-refractivity contribution >= 4 is 11.9 Å². The molecule has 8 heteroatoms. The molecule has 55 heavy (non-hydrogen) atoms. The van der Waals surface area contributed by atoms with E-state index < -0.39 is 12.3 Å². The molecule has 1 amide bonds. The fraction of sp³-hybridized carbons (Fsp3) is 0.574. The lowest BCUT2D eigenvalue weighted by Crippen LogP contribution is -2.45. The number of carbonyl (C=O) groups excluding carboxylic acids is 1. The highest BCUT2D eigenvalue weighted by Gasteiger charge is 2.39. The normalized spacial score (nSPS) is 18.4. The molecule has 0 radical (unpaired) electrons. The maximum atomic E-state index is 12.2. The van der Waals surface area contributed by atoms with E-state index in [1.165, 1.54) is 77.0 Å². The van der Waals surface area contributed by atoms with E-state index in [9.17, 15) is 14.7 Å². The van der Waals surface area contributed by atoms with Crippen LogP contribution in [-0.2, 0) is 32.2 Å². The van der Waals surface area contributed by atoms with Crippen LogP contribution in [0.1, 0.15) is 152 Å². The first kappa shape index (κ1) is 44.2. The topological polar surface area (TPSA) is 108 Å². The summed E-state index contributed by atoms with van der Waals surface area (Å²) >= 11 is 0. The number of unbranched alkanes of at least 4 members (excludes halogenated alkanes) is 10. The van der Waals surface area contributed by atoms with Gasteiger partial charge in [0.15, 0.2) is 6.29 Å². The second-order valence-corrected chi connectivity index (χ2v) is 15.5. The molecule has 1 aliphatic rings. The third kappa shape index (κ3) is 15.5. The summed E-state index contributed by atoms with van der Waals surface area (Å²) in [6.07, 6.45) is 15.3. The summed E-state index contributed by atoms with van der Waals surface area (Å²) in [4.78, 5) is 25.7. The molecule has 0 spiro atoms. The molecule has 1 heterocycles. The van der Waals surface area contributed by atoms with Gasteiger partial charge in [-0.15, -0.1) is 0 Å². The Bertz CT molecular complexity index is 1510. The van der Waals surface area contributed by atoms with Crippen molar-refractivity contribution in [3.05, 3.63) is 95.1 Å². The van der Waals surface area contributed by atoms with Gasteiger partial charge in [-0.25, -0.2) is 0 Å². The number of carbonyl (C=O) groups is 2. The van der Waals surface area contributed by atoms with Gasteiger partial charge in [-0.05, 0) is 66.2 Å². The van der Waals surface area contributed by atoms with Gasteiger partial charge >= 0.3 is 5.97 Å². The highest BCUT2D eigenvalue weighted by molar-refractivity contribution is 5.76. The molecule has 3 aromatic carbocycles. The van der Waals surface area contributed by atoms with E-state index in [-0.39, 0.29) is 43.5 Å². The summed E-state index contributed by atoms with van der Waals surface area (Å²) in [5, 5.41) is 21.5. The van der Waals surface area contributed by atoms with Crippen molar-refractivity contribution in [1.82, 2.24) is 10.2 Å². The smallest absolute Gasteiger partial charge is 0.303 e. The largest absolute Gasteiger partial charge is 0.481 e. The van der Waals surface area contributed by atoms with E-state index in [0.717, 1.165) is 53.0 Å². The van der Waals surface area contributed by atoms with Crippen molar-refractivity contribution < 1.29 is 29.3 Å². The Kier molecular flexibility index (Phi) is 20.0. The van der Waals surface area contributed by atoms with Gasteiger partial charge in [0.05, 0.1) is 18.8 Å². The van der Waals surface area contributed by atoms with Gasteiger partial charge in [-0.2, -0.15) is 0 Å². The number of nitrogens with one attached hydrogen (secondary N) is 1. The van der Waals surface area contributed by atoms with Gasteiger partial charge in [0.25, 0.3) is 0 Å². The van der Waals surface area contributed by atoms with Crippen molar-refractivity contribution in [3.8, 4) is 11.1 Å². The van der Waals surface area contributed by atoms with Gasteiger partial charge in [-0.3, -0.25) is 9.59 Å². The lowest BCUT2D eigenvalue weighted by atomic mass is 9.89. The molecule has 302 valence electrons. The van der Waals surface area contributed by atoms with E-state index in [4.69, 9.17) is 14.6 Å². The van der Waals surface area contributed by atoms with Gasteiger partial charge in [0, 0.05) is 37.4 Å². The van der Waals surface area contributed by atoms with Crippen molar-refractivity contribution in [2.75, 3.05) is 19.6 Å². The lowest BCUT2D eigenvalue weighted by molar-refractivity contribution is -0.276. The SMILES string of the molecule is CCCCCCCCN(CCCCCCCC)CC1OC(c2ccc(-c3cccc(CNC(=O)CCCC(=O)O)c3)cc2)OC(c2ccc(CO)cc2)C1C. The highest BCUT2D eigenvalue weighted by Crippen LogP contribution is 2.42. The molecule has 0 bridgehead atoms. The number of aliphatic hydroxyl groups is 1. The molecule has 3 aromatic rings. The third-order valence-electron chi connectivity index (χ3n) is 10.9. The number of aliphatic hydroxyl groups excluding tert-OH is 1. The summed E-state index contributed by atoms with van der Waals surface area (Å²) in [5.74, 6) is -0.903. The number of amides is 1. The Hall–Kier alpha value is -3.56. The molecular weight excluding hydrogens is 689 g/mol. The third-order valence-corrected chi connectivity index (χ3v) is 10.9. The second kappa shape index (κ2) is 24.8. The van der Waals surface area contributed by atoms with E-state index in [1.54, 1.807) is 0 Å². The zero-order chi connectivity index (χ0) is 39.3. The van der Waals surface area contributed by atoms with Crippen molar-refractivity contribution in [2.45, 2.75) is 149 Å². The Morgan fingerprint density at radius 2 is 1.31 bits per heavy atom. The second-order valence-electron chi connectivity index (χ2n) is 15.5. The molecule has 4 unspecified atom stereocenters. The van der Waals surface area contributed by atoms with Crippen LogP contribution in [0.15, 0.2) is 72.8 Å². The molecule has 8 nitrogen and oxygen atoms in total. The molecule has 1 fully saturated rings. The van der Waals surface area contributed by atoms with E-state index >= 15 is 0 Å². The molecular formula is C47H68N2O6. The molecule has 1 saturated heterocycles. The van der Waals surface area contributed by atoms with Crippen LogP contribution in [0, 0.1) is 5.92 Å². The predicted octanol–water partition coefficient (Wildman–Crippen LogP) is 10.5. The van der Waals surface area contributed by atoms with Crippen molar-refractivity contribution in [1.29, 1.82) is 0 Å². The van der Waals surface area contributed by atoms with Gasteiger partial charge in [0.1, 0.15) is 0 Å². The maximum Gasteiger partial charge on any atom is 0.303 e. The Morgan fingerprint density at radius 3 is 1.93 bits per heavy atom. The number of carboxylic acid groups (broad SMARTS) is 1. The monoisotopic (exact) mass is 757 g/mol. The summed E-state index contributed by atoms with van der Waals surface area (Å²) in [5.41, 5.74) is 6.04. The quantitative estimate of drug-likeness (QED) is 0.0700. The van der Waals surface area contributed by atoms with E-state index in [2.05, 4.69) is 79.5 Å². The van der Waals surface area contributed by atoms with Crippen LogP contribution in [0.2, 0.25) is 0 Å². The first-order chi connectivity index (χ1) is 26.8. The van der Waals surface area contributed by atoms with Crippen molar-refractivity contribution in [2.24, 2.45) is 5.92 Å². The standard InChI is InChI=1S/C47H68N2O6/c1-4-6-8-10-12-14-30-49(31-15-13-11-9-7-5-2)34-43-36(3)46(40-24-22-37(35-50)23-25-40)55-47(54-43)41-28-26-39(27-29-41)42-19-16-18-38(32-42)33-48-44(51)20-17-21-45(52)53/h16,18-19,22-29,32,36,43,46-47,50H,4-15,17,20-21,30-31,33-35H2,1-3H3,(H,48,51)(H,52,53). The maximum absolute atomic E-state index is 12.2. The molecule has 4 rings (SSSR count). The van der Waals surface area contributed by atoms with E-state index in [0.29, 0.717) is 13.0 Å². The lowest BCUT2D eigenvalue weighted by Gasteiger charge is -2.43. The summed E-state index contributed by atoms with van der Waals surface area (Å²) in [7, 11) is 0. The molecule has 4 atom stereocenters. The number of aliphatic carboxylic acids is 1. The predicted molar refractivity (Wildman–Crippen MR) is 221 cm³/mol. The van der Waals surface area contributed by atoms with Crippen molar-refractivity contribution in [3.63, 3.8) is 0 Å². The first-order valence-corrected chi connectivity index (χ1v) is 21.2. The van der Waals surface area contributed by atoms with Gasteiger partial charge in [0.2, 0.25) is 5.91 Å². The number of carboxylic acids is 1. The Labute approximate surface area is 331 Å². The summed E-state index contributed by atoms with van der Waals surface area (Å²) in [6.45, 7) is 10.3. The van der Waals surface area contributed by atoms with Crippen LogP contribution in [0.25, 0.3) is 11.1 Å². The number of benzene rings is 3. The molecule has 0 aliphatic carbocycles. The average molecular weight is 757 g/mol. The zero-order valence-corrected chi connectivity index (χ0v) is 33.9. The van der Waals surface area contributed by atoms with Crippen LogP contribution in [0.3, 0.4) is 0 Å². The summed E-state index contributed by atoms with van der Waals surface area (Å²) in [6, 6.07) is 24.7. The zero-order valence-electron chi connectivity index (χ0n) is 33.9. The summed E-state index contributed by atoms with van der Waals surface area (Å²) < 4.78 is 13.7. The minimum absolute atomic E-state index is 0.00907. The van der Waals surface area contributed by atoms with Crippen LogP contribution < -0.4 is 5.32 Å². The molecule has 1 aliphatic heterocycles. The Balaban J connectivity index is 1.48. The molecule has 0 aromatic heterocycles. The fourth-order valence-electron chi connectivity index (χ4n) is 7.49. The number of hydrogen-bond donors (Lipinski definition) is 3. The Morgan fingerprint density at radius 1 is 0.691 bits per heavy atom. The minimum atomic E-state index is -0.889. The van der Waals surface area contributed by atoms with Crippen LogP contribution in [0.4, 0.5) is 0 Å². The van der Waals surface area contributed by atoms with Crippen LogP contribution >= 0.6 is 0 Å². The fourth-order valence-corrected chi connectivity index (χ4v) is 7.49. The molecule has 0 saturated carbocycles. The van der Waals surface area contributed by atoms with Gasteiger partial charge in [-0.1, -0.05) is 152 Å². The van der Waals surface area contributed by atoms with Gasteiger partial charge < -0.3 is 29.9 Å². The number of rotatable bonds is 26. The molecule has 3 N–H and O–H groups in total. The number of hydrogen-bond acceptors (Lipinski definition) is 6. The first-order valence-electron chi connectivity index (χ1n) is 21.2. The highest BCUT2D eigenvalue weighted by atomic mass is 16.7. The van der Waals surface area contributed by atoms with Crippen LogP contribution in [-0.4, -0.2) is 52.7 Å². The average Bonchev–Trinajstić information content (AvgIpc) is 3.20. The number of ether oxygens (including phenoxy) is 2. The number of nitrogens with zero attached hydrogens (tertiary/aromatic N) is 1. The minimum Gasteiger partial charge on any atom is -0.481 e. The van der Waals surface area contributed by atoms with E-state index in [1.807, 2.05) is 24.3 Å².